The number of hydrogen-bond donors (Lipinski definition) is 2. The first-order valence-corrected chi connectivity index (χ1v) is 9.61. The second-order valence-corrected chi connectivity index (χ2v) is 6.20. The summed E-state index contributed by atoms with van der Waals surface area (Å²) >= 11 is 0. The van der Waals surface area contributed by atoms with Crippen LogP contribution in [-0.4, -0.2) is 46.5 Å². The third kappa shape index (κ3) is 9.47. The molecule has 1 atom stereocenters. The molecule has 2 aromatic carbocycles. The van der Waals surface area contributed by atoms with Crippen molar-refractivity contribution >= 4 is 35.6 Å². The van der Waals surface area contributed by atoms with Crippen LogP contribution in [0.15, 0.2) is 59.6 Å². The van der Waals surface area contributed by atoms with Crippen LogP contribution in [0.2, 0.25) is 0 Å². The molecule has 6 nitrogen and oxygen atoms in total. The van der Waals surface area contributed by atoms with E-state index in [-0.39, 0.29) is 30.1 Å². The molecule has 29 heavy (non-hydrogen) atoms. The molecule has 0 aliphatic carbocycles. The third-order valence-corrected chi connectivity index (χ3v) is 4.07. The Hall–Kier alpha value is -1.84. The summed E-state index contributed by atoms with van der Waals surface area (Å²) < 4.78 is 16.4. The molecule has 1 unspecified atom stereocenters. The lowest BCUT2D eigenvalue weighted by Crippen LogP contribution is -2.31. The highest BCUT2D eigenvalue weighted by atomic mass is 127. The van der Waals surface area contributed by atoms with Gasteiger partial charge in [-0.3, -0.25) is 0 Å². The van der Waals surface area contributed by atoms with Crippen LogP contribution in [0.3, 0.4) is 0 Å². The summed E-state index contributed by atoms with van der Waals surface area (Å²) in [4.78, 5) is 4.68. The number of anilines is 1. The van der Waals surface area contributed by atoms with Crippen LogP contribution >= 0.6 is 24.0 Å². The number of hydrogen-bond acceptors (Lipinski definition) is 4. The van der Waals surface area contributed by atoms with E-state index in [1.807, 2.05) is 49.4 Å². The molecule has 2 N–H and O–H groups in total. The number of guanidine groups is 1. The summed E-state index contributed by atoms with van der Waals surface area (Å²) in [6.07, 6.45) is 0.767. The van der Waals surface area contributed by atoms with Crippen LogP contribution in [0.25, 0.3) is 0 Å². The van der Waals surface area contributed by atoms with Crippen molar-refractivity contribution in [1.82, 2.24) is 5.32 Å². The fraction of sp³-hybridized carbons (Fsp3) is 0.409. The maximum atomic E-state index is 5.76. The summed E-state index contributed by atoms with van der Waals surface area (Å²) in [5.41, 5.74) is 2.02. The Kier molecular flexibility index (Phi) is 13.1. The van der Waals surface area contributed by atoms with Gasteiger partial charge in [-0.2, -0.15) is 0 Å². The summed E-state index contributed by atoms with van der Waals surface area (Å²) in [6.45, 7) is 4.64. The van der Waals surface area contributed by atoms with E-state index in [4.69, 9.17) is 14.2 Å². The van der Waals surface area contributed by atoms with E-state index in [0.29, 0.717) is 25.7 Å². The van der Waals surface area contributed by atoms with Crippen LogP contribution in [0.4, 0.5) is 5.69 Å². The number of aliphatic imine (C=N–C) groups is 1. The zero-order valence-corrected chi connectivity index (χ0v) is 19.7. The zero-order chi connectivity index (χ0) is 20.0. The molecule has 2 aromatic rings. The molecule has 0 spiro atoms. The quantitative estimate of drug-likeness (QED) is 0.201. The molecular weight excluding hydrogens is 481 g/mol. The number of ether oxygens (including phenoxy) is 3. The first-order valence-electron chi connectivity index (χ1n) is 9.61. The van der Waals surface area contributed by atoms with Crippen molar-refractivity contribution in [2.45, 2.75) is 19.4 Å². The molecule has 0 radical (unpaired) electrons. The largest absolute Gasteiger partial charge is 0.493 e. The molecule has 0 aliphatic rings. The van der Waals surface area contributed by atoms with Crippen LogP contribution in [-0.2, 0) is 9.47 Å². The summed E-state index contributed by atoms with van der Waals surface area (Å²) in [5.74, 6) is 1.52. The lowest BCUT2D eigenvalue weighted by molar-refractivity contribution is 0.111. The van der Waals surface area contributed by atoms with Gasteiger partial charge in [0, 0.05) is 45.5 Å². The molecule has 0 aliphatic heterocycles. The first kappa shape index (κ1) is 25.2. The molecule has 0 saturated heterocycles. The highest BCUT2D eigenvalue weighted by molar-refractivity contribution is 14.0. The SMILES string of the molecule is CCNC(=NCC(OC)c1ccccc1)Nc1cccc(OCCCOC)c1.I. The van der Waals surface area contributed by atoms with Crippen molar-refractivity contribution in [3.63, 3.8) is 0 Å². The van der Waals surface area contributed by atoms with Gasteiger partial charge in [0.2, 0.25) is 0 Å². The summed E-state index contributed by atoms with van der Waals surface area (Å²) in [5, 5.41) is 6.60. The van der Waals surface area contributed by atoms with Gasteiger partial charge in [-0.15, -0.1) is 24.0 Å². The van der Waals surface area contributed by atoms with Gasteiger partial charge >= 0.3 is 0 Å². The molecular formula is C22H32IN3O3. The van der Waals surface area contributed by atoms with Crippen molar-refractivity contribution in [2.24, 2.45) is 4.99 Å². The van der Waals surface area contributed by atoms with Crippen molar-refractivity contribution in [1.29, 1.82) is 0 Å². The van der Waals surface area contributed by atoms with Gasteiger partial charge in [-0.05, 0) is 24.6 Å². The molecule has 0 bridgehead atoms. The number of rotatable bonds is 11. The Balaban J connectivity index is 0.00000420. The number of nitrogens with zero attached hydrogens (tertiary/aromatic N) is 1. The average molecular weight is 513 g/mol. The molecule has 0 fully saturated rings. The predicted molar refractivity (Wildman–Crippen MR) is 130 cm³/mol. The standard InChI is InChI=1S/C22H31N3O3.HI/c1-4-23-22(24-17-21(27-3)18-10-6-5-7-11-18)25-19-12-8-13-20(16-19)28-15-9-14-26-2;/h5-8,10-13,16,21H,4,9,14-15,17H2,1-3H3,(H2,23,24,25);1H. The first-order chi connectivity index (χ1) is 13.8. The van der Waals surface area contributed by atoms with Crippen molar-refractivity contribution in [3.8, 4) is 5.75 Å². The minimum Gasteiger partial charge on any atom is -0.493 e. The summed E-state index contributed by atoms with van der Waals surface area (Å²) in [6, 6.07) is 18.0. The second-order valence-electron chi connectivity index (χ2n) is 6.20. The molecule has 0 saturated carbocycles. The minimum atomic E-state index is -0.0906. The van der Waals surface area contributed by atoms with Gasteiger partial charge in [0.25, 0.3) is 0 Å². The molecule has 0 heterocycles. The predicted octanol–water partition coefficient (Wildman–Crippen LogP) is 4.49. The Morgan fingerprint density at radius 2 is 1.83 bits per heavy atom. The highest BCUT2D eigenvalue weighted by Gasteiger charge is 2.10. The fourth-order valence-corrected chi connectivity index (χ4v) is 2.66. The van der Waals surface area contributed by atoms with Crippen LogP contribution in [0, 0.1) is 0 Å². The van der Waals surface area contributed by atoms with Crippen molar-refractivity contribution < 1.29 is 14.2 Å². The number of nitrogens with one attached hydrogen (secondary N) is 2. The Morgan fingerprint density at radius 3 is 2.52 bits per heavy atom. The van der Waals surface area contributed by atoms with E-state index in [9.17, 15) is 0 Å². The van der Waals surface area contributed by atoms with E-state index >= 15 is 0 Å². The van der Waals surface area contributed by atoms with Crippen LogP contribution in [0.1, 0.15) is 25.0 Å². The molecule has 7 heteroatoms. The van der Waals surface area contributed by atoms with E-state index in [1.165, 1.54) is 0 Å². The lowest BCUT2D eigenvalue weighted by Gasteiger charge is -2.16. The second kappa shape index (κ2) is 15.1. The molecule has 0 amide bonds. The van der Waals surface area contributed by atoms with Gasteiger partial charge < -0.3 is 24.8 Å². The highest BCUT2D eigenvalue weighted by Crippen LogP contribution is 2.19. The van der Waals surface area contributed by atoms with E-state index in [1.54, 1.807) is 14.2 Å². The van der Waals surface area contributed by atoms with Gasteiger partial charge in [0.15, 0.2) is 5.96 Å². The Bertz CT molecular complexity index is 713. The maximum Gasteiger partial charge on any atom is 0.195 e. The zero-order valence-electron chi connectivity index (χ0n) is 17.4. The average Bonchev–Trinajstić information content (AvgIpc) is 2.73. The number of methoxy groups -OCH3 is 2. The molecule has 0 aromatic heterocycles. The summed E-state index contributed by atoms with van der Waals surface area (Å²) in [7, 11) is 3.40. The Labute approximate surface area is 191 Å². The molecule has 2 rings (SSSR count). The van der Waals surface area contributed by atoms with Gasteiger partial charge in [-0.25, -0.2) is 4.99 Å². The molecule has 160 valence electrons. The van der Waals surface area contributed by atoms with Crippen LogP contribution in [0.5, 0.6) is 5.75 Å². The number of benzene rings is 2. The van der Waals surface area contributed by atoms with Gasteiger partial charge in [0.1, 0.15) is 11.9 Å². The fourth-order valence-electron chi connectivity index (χ4n) is 2.66. The van der Waals surface area contributed by atoms with Gasteiger partial charge in [-0.1, -0.05) is 36.4 Å². The van der Waals surface area contributed by atoms with Gasteiger partial charge in [0.05, 0.1) is 13.2 Å². The van der Waals surface area contributed by atoms with E-state index in [0.717, 1.165) is 30.0 Å². The lowest BCUT2D eigenvalue weighted by atomic mass is 10.1. The normalized spacial score (nSPS) is 12.0. The topological polar surface area (TPSA) is 64.1 Å². The minimum absolute atomic E-state index is 0. The smallest absolute Gasteiger partial charge is 0.195 e. The third-order valence-electron chi connectivity index (χ3n) is 4.07. The van der Waals surface area contributed by atoms with Crippen LogP contribution < -0.4 is 15.4 Å². The van der Waals surface area contributed by atoms with Crippen molar-refractivity contribution in [2.75, 3.05) is 45.8 Å². The van der Waals surface area contributed by atoms with E-state index < -0.39 is 0 Å². The van der Waals surface area contributed by atoms with Crippen molar-refractivity contribution in [3.05, 3.63) is 60.2 Å². The Morgan fingerprint density at radius 1 is 1.03 bits per heavy atom. The maximum absolute atomic E-state index is 5.76. The number of halogens is 1. The monoisotopic (exact) mass is 513 g/mol. The van der Waals surface area contributed by atoms with E-state index in [2.05, 4.69) is 27.8 Å².